The summed E-state index contributed by atoms with van der Waals surface area (Å²) < 4.78 is 0. The zero-order valence-corrected chi connectivity index (χ0v) is 19.6. The van der Waals surface area contributed by atoms with Gasteiger partial charge in [0.05, 0.1) is 11.7 Å². The summed E-state index contributed by atoms with van der Waals surface area (Å²) in [5, 5.41) is 15.9. The number of aromatic nitrogens is 1. The van der Waals surface area contributed by atoms with Crippen molar-refractivity contribution in [1.29, 1.82) is 0 Å². The standard InChI is InChI=1S/C33H23N3/c1-3-9-21(10-4-1)27-17-22-11-7-8-14-25(22)32-26(27)15-16-29-33(32)28-18-23-20-34-36(24-12-5-2-6-13-24)31(23)19-30(28)35-29/h1-20,23,31,35H. The second-order valence-electron chi connectivity index (χ2n) is 9.72. The highest BCUT2D eigenvalue weighted by Gasteiger charge is 2.31. The lowest BCUT2D eigenvalue weighted by molar-refractivity contribution is 0.747. The normalized spacial score (nSPS) is 18.3. The van der Waals surface area contributed by atoms with Crippen LogP contribution in [0.5, 0.6) is 0 Å². The number of rotatable bonds is 2. The van der Waals surface area contributed by atoms with Crippen LogP contribution in [0.1, 0.15) is 0 Å². The van der Waals surface area contributed by atoms with Gasteiger partial charge >= 0.3 is 0 Å². The smallest absolute Gasteiger partial charge is 0.0842 e. The summed E-state index contributed by atoms with van der Waals surface area (Å²) >= 11 is 0. The molecule has 2 atom stereocenters. The third-order valence-electron chi connectivity index (χ3n) is 7.70. The number of anilines is 1. The first-order valence-corrected chi connectivity index (χ1v) is 12.5. The van der Waals surface area contributed by atoms with Crippen molar-refractivity contribution in [3.8, 4) is 11.1 Å². The molecule has 170 valence electrons. The molecular formula is C33H23N3. The second-order valence-corrected chi connectivity index (χ2v) is 9.72. The molecular weight excluding hydrogens is 438 g/mol. The van der Waals surface area contributed by atoms with Crippen LogP contribution in [0.2, 0.25) is 0 Å². The van der Waals surface area contributed by atoms with E-state index in [9.17, 15) is 0 Å². The van der Waals surface area contributed by atoms with Gasteiger partial charge in [-0.1, -0.05) is 84.9 Å². The molecule has 1 aromatic heterocycles. The van der Waals surface area contributed by atoms with Crippen LogP contribution in [0, 0.1) is 5.92 Å². The molecule has 36 heavy (non-hydrogen) atoms. The van der Waals surface area contributed by atoms with Crippen LogP contribution in [0.15, 0.2) is 108 Å². The van der Waals surface area contributed by atoms with Gasteiger partial charge < -0.3 is 4.98 Å². The third kappa shape index (κ3) is 2.77. The van der Waals surface area contributed by atoms with Crippen molar-refractivity contribution >= 4 is 56.5 Å². The van der Waals surface area contributed by atoms with Gasteiger partial charge in [0.25, 0.3) is 0 Å². The number of benzene rings is 5. The summed E-state index contributed by atoms with van der Waals surface area (Å²) in [6, 6.07) is 37.0. The van der Waals surface area contributed by atoms with Crippen molar-refractivity contribution in [2.45, 2.75) is 6.04 Å². The number of para-hydroxylation sites is 1. The first-order chi connectivity index (χ1) is 17.8. The summed E-state index contributed by atoms with van der Waals surface area (Å²) in [5.74, 6) is 0.232. The quantitative estimate of drug-likeness (QED) is 0.306. The average Bonchev–Trinajstić information content (AvgIpc) is 3.52. The Labute approximate surface area is 208 Å². The van der Waals surface area contributed by atoms with E-state index in [1.807, 2.05) is 6.07 Å². The molecule has 0 radical (unpaired) electrons. The van der Waals surface area contributed by atoms with E-state index in [1.54, 1.807) is 0 Å². The summed E-state index contributed by atoms with van der Waals surface area (Å²) in [5.41, 5.74) is 4.82. The van der Waals surface area contributed by atoms with Crippen LogP contribution >= 0.6 is 0 Å². The molecule has 3 heteroatoms. The Hall–Kier alpha value is -4.63. The van der Waals surface area contributed by atoms with E-state index in [4.69, 9.17) is 5.10 Å². The molecule has 2 heterocycles. The van der Waals surface area contributed by atoms with Gasteiger partial charge in [-0.15, -0.1) is 0 Å². The van der Waals surface area contributed by atoms with E-state index in [2.05, 4.69) is 125 Å². The van der Waals surface area contributed by atoms with Gasteiger partial charge in [0, 0.05) is 39.0 Å². The summed E-state index contributed by atoms with van der Waals surface area (Å²) in [7, 11) is 0. The second kappa shape index (κ2) is 7.43. The number of hydrogen-bond donors (Lipinski definition) is 1. The molecule has 0 amide bonds. The van der Waals surface area contributed by atoms with Crippen LogP contribution < -0.4 is 15.6 Å². The number of fused-ring (bicyclic) bond motifs is 8. The first kappa shape index (κ1) is 19.7. The molecule has 0 saturated carbocycles. The number of hydrazone groups is 1. The Morgan fingerprint density at radius 1 is 0.694 bits per heavy atom. The van der Waals surface area contributed by atoms with Gasteiger partial charge in [0.1, 0.15) is 0 Å². The molecule has 1 N–H and O–H groups in total. The minimum Gasteiger partial charge on any atom is -0.355 e. The molecule has 0 spiro atoms. The van der Waals surface area contributed by atoms with Crippen LogP contribution in [0.3, 0.4) is 0 Å². The topological polar surface area (TPSA) is 31.4 Å². The highest BCUT2D eigenvalue weighted by Crippen LogP contribution is 2.38. The maximum atomic E-state index is 4.79. The number of nitrogens with one attached hydrogen (secondary N) is 1. The van der Waals surface area contributed by atoms with E-state index >= 15 is 0 Å². The van der Waals surface area contributed by atoms with Crippen molar-refractivity contribution < 1.29 is 0 Å². The minimum atomic E-state index is 0.177. The van der Waals surface area contributed by atoms with Crippen molar-refractivity contribution in [3.05, 3.63) is 114 Å². The highest BCUT2D eigenvalue weighted by atomic mass is 15.5. The third-order valence-corrected chi connectivity index (χ3v) is 7.70. The molecule has 6 aromatic rings. The number of nitrogens with zero attached hydrogens (tertiary/aromatic N) is 2. The minimum absolute atomic E-state index is 0.177. The molecule has 2 aliphatic rings. The molecule has 0 bridgehead atoms. The van der Waals surface area contributed by atoms with Gasteiger partial charge in [-0.2, -0.15) is 5.10 Å². The fourth-order valence-electron chi connectivity index (χ4n) is 6.07. The predicted octanol–water partition coefficient (Wildman–Crippen LogP) is 6.21. The summed E-state index contributed by atoms with van der Waals surface area (Å²) in [6.07, 6.45) is 6.86. The number of H-pyrrole nitrogens is 1. The van der Waals surface area contributed by atoms with Gasteiger partial charge in [-0.05, 0) is 57.6 Å². The maximum Gasteiger partial charge on any atom is 0.0842 e. The van der Waals surface area contributed by atoms with Gasteiger partial charge in [0.2, 0.25) is 0 Å². The average molecular weight is 462 g/mol. The van der Waals surface area contributed by atoms with E-state index in [0.29, 0.717) is 0 Å². The lowest BCUT2D eigenvalue weighted by atomic mass is 9.90. The Morgan fingerprint density at radius 2 is 1.47 bits per heavy atom. The molecule has 2 unspecified atom stereocenters. The zero-order chi connectivity index (χ0) is 23.6. The molecule has 8 rings (SSSR count). The molecule has 3 nitrogen and oxygen atoms in total. The predicted molar refractivity (Wildman–Crippen MR) is 152 cm³/mol. The van der Waals surface area contributed by atoms with Crippen LogP contribution in [-0.2, 0) is 0 Å². The Bertz CT molecular complexity index is 1950. The van der Waals surface area contributed by atoms with Crippen molar-refractivity contribution in [3.63, 3.8) is 0 Å². The molecule has 0 saturated heterocycles. The van der Waals surface area contributed by atoms with Crippen LogP contribution in [0.25, 0.3) is 55.7 Å². The zero-order valence-electron chi connectivity index (χ0n) is 19.6. The highest BCUT2D eigenvalue weighted by molar-refractivity contribution is 6.24. The van der Waals surface area contributed by atoms with Gasteiger partial charge in [0.15, 0.2) is 0 Å². The number of aromatic amines is 1. The molecule has 1 aliphatic heterocycles. The summed E-state index contributed by atoms with van der Waals surface area (Å²) in [4.78, 5) is 3.75. The Balaban J connectivity index is 1.45. The molecule has 0 fully saturated rings. The molecule has 1 aliphatic carbocycles. The van der Waals surface area contributed by atoms with Gasteiger partial charge in [-0.3, -0.25) is 5.01 Å². The lowest BCUT2D eigenvalue weighted by Gasteiger charge is -2.25. The fourth-order valence-corrected chi connectivity index (χ4v) is 6.07. The molecule has 5 aromatic carbocycles. The van der Waals surface area contributed by atoms with Crippen molar-refractivity contribution in [2.24, 2.45) is 11.0 Å². The van der Waals surface area contributed by atoms with E-state index in [-0.39, 0.29) is 12.0 Å². The summed E-state index contributed by atoms with van der Waals surface area (Å²) in [6.45, 7) is 0. The Morgan fingerprint density at radius 3 is 2.33 bits per heavy atom. The van der Waals surface area contributed by atoms with E-state index < -0.39 is 0 Å². The largest absolute Gasteiger partial charge is 0.355 e. The fraction of sp³-hybridized carbons (Fsp3) is 0.0606. The number of hydrogen-bond acceptors (Lipinski definition) is 2. The van der Waals surface area contributed by atoms with Crippen LogP contribution in [0.4, 0.5) is 5.69 Å². The maximum absolute atomic E-state index is 4.79. The lowest BCUT2D eigenvalue weighted by Crippen LogP contribution is -2.39. The van der Waals surface area contributed by atoms with Gasteiger partial charge in [-0.25, -0.2) is 0 Å². The van der Waals surface area contributed by atoms with Crippen molar-refractivity contribution in [2.75, 3.05) is 5.01 Å². The SMILES string of the molecule is C1=NN(c2ccccc2)C2C=c3[nH]c4ccc5c(-c6ccccc6)cc6ccccc6c5c4c3=CC12. The van der Waals surface area contributed by atoms with E-state index in [0.717, 1.165) is 5.69 Å². The van der Waals surface area contributed by atoms with E-state index in [1.165, 1.54) is 54.1 Å². The first-order valence-electron chi connectivity index (χ1n) is 12.5. The monoisotopic (exact) mass is 461 g/mol. The van der Waals surface area contributed by atoms with Crippen LogP contribution in [-0.4, -0.2) is 17.2 Å². The Kier molecular flexibility index (Phi) is 4.06. The van der Waals surface area contributed by atoms with Crippen molar-refractivity contribution in [1.82, 2.24) is 4.98 Å².